The number of aromatic nitrogens is 2. The third kappa shape index (κ3) is 2.14. The number of nitrogens with one attached hydrogen (secondary N) is 1. The number of hydrogen-bond donors (Lipinski definition) is 2. The van der Waals surface area contributed by atoms with Crippen molar-refractivity contribution in [2.45, 2.75) is 32.1 Å². The van der Waals surface area contributed by atoms with Gasteiger partial charge >= 0.3 is 0 Å². The van der Waals surface area contributed by atoms with Gasteiger partial charge < -0.3 is 10.2 Å². The second-order valence-electron chi connectivity index (χ2n) is 5.59. The van der Waals surface area contributed by atoms with E-state index in [2.05, 4.69) is 16.5 Å². The fourth-order valence-electron chi connectivity index (χ4n) is 3.17. The van der Waals surface area contributed by atoms with Crippen molar-refractivity contribution in [2.24, 2.45) is 5.84 Å². The normalized spacial score (nSPS) is 16.0. The maximum atomic E-state index is 5.65. The zero-order valence-corrected chi connectivity index (χ0v) is 11.9. The molecule has 4 rings (SSSR count). The maximum Gasteiger partial charge on any atom is 0.161 e. The molecular weight excluding hydrogens is 264 g/mol. The second kappa shape index (κ2) is 5.00. The summed E-state index contributed by atoms with van der Waals surface area (Å²) in [6.07, 6.45) is 5.34. The Morgan fingerprint density at radius 2 is 2.00 bits per heavy atom. The first-order valence-corrected chi connectivity index (χ1v) is 7.47. The van der Waals surface area contributed by atoms with Crippen LogP contribution < -0.4 is 16.0 Å². The molecule has 2 aromatic rings. The van der Waals surface area contributed by atoms with E-state index < -0.39 is 0 Å². The fraction of sp³-hybridized carbons (Fsp3) is 0.375. The number of nitrogens with zero attached hydrogens (tertiary/aromatic N) is 2. The zero-order chi connectivity index (χ0) is 14.2. The summed E-state index contributed by atoms with van der Waals surface area (Å²) in [6.45, 7) is 0.763. The summed E-state index contributed by atoms with van der Waals surface area (Å²) in [5.41, 5.74) is 7.32. The molecule has 0 saturated carbocycles. The monoisotopic (exact) mass is 282 g/mol. The highest BCUT2D eigenvalue weighted by atomic mass is 16.5. The Balaban J connectivity index is 1.81. The summed E-state index contributed by atoms with van der Waals surface area (Å²) in [4.78, 5) is 9.38. The number of hydrazine groups is 1. The van der Waals surface area contributed by atoms with Crippen LogP contribution in [0.25, 0.3) is 11.4 Å². The van der Waals surface area contributed by atoms with Crippen molar-refractivity contribution < 1.29 is 4.74 Å². The van der Waals surface area contributed by atoms with Crippen LogP contribution in [0.15, 0.2) is 18.2 Å². The van der Waals surface area contributed by atoms with Crippen LogP contribution in [0.3, 0.4) is 0 Å². The zero-order valence-electron chi connectivity index (χ0n) is 11.9. The van der Waals surface area contributed by atoms with Crippen molar-refractivity contribution in [3.05, 3.63) is 35.0 Å². The Kier molecular flexibility index (Phi) is 3.00. The lowest BCUT2D eigenvalue weighted by atomic mass is 9.96. The van der Waals surface area contributed by atoms with E-state index >= 15 is 0 Å². The van der Waals surface area contributed by atoms with Gasteiger partial charge in [-0.05, 0) is 49.4 Å². The highest BCUT2D eigenvalue weighted by molar-refractivity contribution is 5.63. The molecule has 0 saturated heterocycles. The molecule has 2 heterocycles. The van der Waals surface area contributed by atoms with Gasteiger partial charge in [0.15, 0.2) is 5.82 Å². The van der Waals surface area contributed by atoms with Gasteiger partial charge in [-0.2, -0.15) is 0 Å². The molecule has 108 valence electrons. The van der Waals surface area contributed by atoms with Gasteiger partial charge in [0.25, 0.3) is 0 Å². The highest BCUT2D eigenvalue weighted by Crippen LogP contribution is 2.32. The number of nitrogen functional groups attached to an aromatic ring is 1. The average molecular weight is 282 g/mol. The minimum absolute atomic E-state index is 0.748. The quantitative estimate of drug-likeness (QED) is 0.653. The summed E-state index contributed by atoms with van der Waals surface area (Å²) < 4.78 is 5.55. The first-order valence-electron chi connectivity index (χ1n) is 7.47. The van der Waals surface area contributed by atoms with E-state index in [1.807, 2.05) is 12.1 Å². The van der Waals surface area contributed by atoms with Crippen LogP contribution in [0.4, 0.5) is 5.82 Å². The van der Waals surface area contributed by atoms with Gasteiger partial charge in [-0.3, -0.25) is 0 Å². The highest BCUT2D eigenvalue weighted by Gasteiger charge is 2.19. The first kappa shape index (κ1) is 12.6. The molecule has 1 aliphatic heterocycles. The van der Waals surface area contributed by atoms with Crippen LogP contribution in [-0.2, 0) is 19.3 Å². The molecule has 3 N–H and O–H groups in total. The number of anilines is 1. The minimum atomic E-state index is 0.748. The predicted octanol–water partition coefficient (Wildman–Crippen LogP) is 2.24. The van der Waals surface area contributed by atoms with Gasteiger partial charge in [-0.25, -0.2) is 15.8 Å². The molecule has 2 aliphatic rings. The summed E-state index contributed by atoms with van der Waals surface area (Å²) in [5.74, 6) is 8.15. The lowest BCUT2D eigenvalue weighted by Gasteiger charge is -2.18. The number of fused-ring (bicyclic) bond motifs is 2. The van der Waals surface area contributed by atoms with E-state index in [1.54, 1.807) is 0 Å². The van der Waals surface area contributed by atoms with Crippen molar-refractivity contribution in [1.82, 2.24) is 9.97 Å². The van der Waals surface area contributed by atoms with E-state index in [4.69, 9.17) is 15.6 Å². The van der Waals surface area contributed by atoms with Crippen molar-refractivity contribution in [1.29, 1.82) is 0 Å². The Bertz CT molecular complexity index is 682. The molecule has 21 heavy (non-hydrogen) atoms. The van der Waals surface area contributed by atoms with E-state index in [-0.39, 0.29) is 0 Å². The van der Waals surface area contributed by atoms with Crippen LogP contribution in [0, 0.1) is 0 Å². The van der Waals surface area contributed by atoms with Gasteiger partial charge in [-0.15, -0.1) is 0 Å². The Labute approximate surface area is 123 Å². The summed E-state index contributed by atoms with van der Waals surface area (Å²) in [7, 11) is 0. The Morgan fingerprint density at radius 3 is 2.90 bits per heavy atom. The van der Waals surface area contributed by atoms with E-state index in [9.17, 15) is 0 Å². The Hall–Kier alpha value is -2.14. The molecule has 1 aliphatic carbocycles. The molecule has 1 aromatic heterocycles. The minimum Gasteiger partial charge on any atom is -0.493 e. The van der Waals surface area contributed by atoms with E-state index in [0.29, 0.717) is 0 Å². The largest absolute Gasteiger partial charge is 0.493 e. The summed E-state index contributed by atoms with van der Waals surface area (Å²) >= 11 is 0. The van der Waals surface area contributed by atoms with Crippen LogP contribution in [0.5, 0.6) is 5.75 Å². The lowest BCUT2D eigenvalue weighted by Crippen LogP contribution is -2.17. The van der Waals surface area contributed by atoms with Crippen LogP contribution >= 0.6 is 0 Å². The number of nitrogens with two attached hydrogens (primary N) is 1. The lowest BCUT2D eigenvalue weighted by molar-refractivity contribution is 0.357. The number of benzene rings is 1. The van der Waals surface area contributed by atoms with E-state index in [0.717, 1.165) is 54.5 Å². The van der Waals surface area contributed by atoms with E-state index in [1.165, 1.54) is 24.0 Å². The van der Waals surface area contributed by atoms with Crippen molar-refractivity contribution in [3.8, 4) is 17.1 Å². The van der Waals surface area contributed by atoms with Crippen molar-refractivity contribution in [3.63, 3.8) is 0 Å². The van der Waals surface area contributed by atoms with Crippen molar-refractivity contribution >= 4 is 5.82 Å². The molecule has 0 bridgehead atoms. The molecule has 0 amide bonds. The summed E-state index contributed by atoms with van der Waals surface area (Å²) in [5, 5.41) is 0. The first-order chi connectivity index (χ1) is 10.3. The number of hydrogen-bond acceptors (Lipinski definition) is 5. The molecule has 0 spiro atoms. The number of aryl methyl sites for hydroxylation is 1. The topological polar surface area (TPSA) is 73.1 Å². The standard InChI is InChI=1S/C16H18N4O/c17-20-16-12-3-1-2-4-13(12)18-15(19-16)11-5-6-14-10(9-11)7-8-21-14/h5-6,9H,1-4,7-8,17H2,(H,18,19,20). The SMILES string of the molecule is NNc1nc(-c2ccc3c(c2)CCO3)nc2c1CCCC2. The number of ether oxygens (including phenoxy) is 1. The third-order valence-electron chi connectivity index (χ3n) is 4.27. The molecule has 1 aromatic carbocycles. The predicted molar refractivity (Wildman–Crippen MR) is 81.1 cm³/mol. The maximum absolute atomic E-state index is 5.65. The summed E-state index contributed by atoms with van der Waals surface area (Å²) in [6, 6.07) is 6.16. The molecule has 0 atom stereocenters. The smallest absolute Gasteiger partial charge is 0.161 e. The molecule has 0 fully saturated rings. The van der Waals surface area contributed by atoms with Gasteiger partial charge in [0.2, 0.25) is 0 Å². The molecular formula is C16H18N4O. The molecule has 5 nitrogen and oxygen atoms in total. The van der Waals surface area contributed by atoms with Gasteiger partial charge in [0.1, 0.15) is 11.6 Å². The molecule has 5 heteroatoms. The van der Waals surface area contributed by atoms with Gasteiger partial charge in [0, 0.05) is 23.2 Å². The third-order valence-corrected chi connectivity index (χ3v) is 4.27. The van der Waals surface area contributed by atoms with Crippen LogP contribution in [0.2, 0.25) is 0 Å². The number of rotatable bonds is 2. The molecule has 0 radical (unpaired) electrons. The van der Waals surface area contributed by atoms with Crippen LogP contribution in [0.1, 0.15) is 29.7 Å². The van der Waals surface area contributed by atoms with Crippen LogP contribution in [-0.4, -0.2) is 16.6 Å². The second-order valence-corrected chi connectivity index (χ2v) is 5.59. The molecule has 0 unspecified atom stereocenters. The average Bonchev–Trinajstić information content (AvgIpc) is 3.01. The van der Waals surface area contributed by atoms with Gasteiger partial charge in [0.05, 0.1) is 6.61 Å². The fourth-order valence-corrected chi connectivity index (χ4v) is 3.17. The van der Waals surface area contributed by atoms with Crippen molar-refractivity contribution in [2.75, 3.05) is 12.0 Å². The van der Waals surface area contributed by atoms with Gasteiger partial charge in [-0.1, -0.05) is 0 Å². The Morgan fingerprint density at radius 1 is 1.10 bits per heavy atom.